The van der Waals surface area contributed by atoms with Crippen molar-refractivity contribution in [2.24, 2.45) is 0 Å². The number of aliphatic hydroxyl groups excluding tert-OH is 4. The first-order valence-corrected chi connectivity index (χ1v) is 19.5. The van der Waals surface area contributed by atoms with Gasteiger partial charge in [0.2, 0.25) is 0 Å². The summed E-state index contributed by atoms with van der Waals surface area (Å²) < 4.78 is 0. The topological polar surface area (TPSA) is 174 Å². The fraction of sp³-hybridized carbons (Fsp3) is 0.667. The monoisotopic (exact) mass is 734 g/mol. The predicted molar refractivity (Wildman–Crippen MR) is 207 cm³/mol. The molecule has 4 unspecified atom stereocenters. The maximum absolute atomic E-state index is 12.9. The highest BCUT2D eigenvalue weighted by Gasteiger charge is 2.51. The van der Waals surface area contributed by atoms with E-state index >= 15 is 0 Å². The van der Waals surface area contributed by atoms with Crippen LogP contribution in [-0.4, -0.2) is 79.2 Å². The summed E-state index contributed by atoms with van der Waals surface area (Å²) in [6.07, 6.45) is 36.2. The fourth-order valence-electron chi connectivity index (χ4n) is 5.12. The minimum Gasteiger partial charge on any atom is -0.393 e. The van der Waals surface area contributed by atoms with E-state index in [4.69, 9.17) is 9.78 Å². The molecule has 0 fully saturated rings. The minimum absolute atomic E-state index is 0.241. The van der Waals surface area contributed by atoms with Gasteiger partial charge in [-0.15, -0.1) is 0 Å². The van der Waals surface area contributed by atoms with Crippen molar-refractivity contribution in [2.45, 2.75) is 166 Å². The molecule has 0 heterocycles. The van der Waals surface area contributed by atoms with Gasteiger partial charge in [0, 0.05) is 12.8 Å². The van der Waals surface area contributed by atoms with Crippen LogP contribution < -0.4 is 0 Å². The second kappa shape index (κ2) is 33.1. The number of hydrogen-bond acceptors (Lipinski definition) is 10. The first kappa shape index (κ1) is 49.5. The van der Waals surface area contributed by atoms with E-state index in [9.17, 15) is 40.2 Å². The number of ketones is 2. The summed E-state index contributed by atoms with van der Waals surface area (Å²) in [5, 5.41) is 61.2. The lowest BCUT2D eigenvalue weighted by molar-refractivity contribution is -0.491. The summed E-state index contributed by atoms with van der Waals surface area (Å²) in [6, 6.07) is 0. The molecule has 0 saturated carbocycles. The highest BCUT2D eigenvalue weighted by molar-refractivity contribution is 5.87. The Balaban J connectivity index is 4.65. The number of hydrogen-bond donors (Lipinski definition) is 6. The summed E-state index contributed by atoms with van der Waals surface area (Å²) in [6.45, 7) is 2.03. The van der Waals surface area contributed by atoms with Crippen molar-refractivity contribution >= 4 is 11.6 Å². The SMILES string of the molecule is CC/C=C\C/C=C\C/C=C\CCCCCCCC(=O)C(O)(OOC(O)(C(=O)CCCCCCC/C=C\C/C=C\C/C=C\CC)C(O)CO)C(O)CO. The van der Waals surface area contributed by atoms with Gasteiger partial charge in [0.05, 0.1) is 13.2 Å². The molecule has 0 aliphatic carbocycles. The number of aliphatic hydroxyl groups is 6. The highest BCUT2D eigenvalue weighted by atomic mass is 17.3. The minimum atomic E-state index is -3.12. The third-order valence-electron chi connectivity index (χ3n) is 8.45. The number of Topliss-reactive ketones (excluding diaryl/α,β-unsaturated/α-hetero) is 2. The van der Waals surface area contributed by atoms with Gasteiger partial charge in [-0.3, -0.25) is 9.59 Å². The van der Waals surface area contributed by atoms with Crippen molar-refractivity contribution in [3.05, 3.63) is 72.9 Å². The van der Waals surface area contributed by atoms with E-state index in [0.717, 1.165) is 89.9 Å². The Hall–Kier alpha value is -2.54. The second-order valence-corrected chi connectivity index (χ2v) is 13.0. The zero-order chi connectivity index (χ0) is 38.8. The van der Waals surface area contributed by atoms with Crippen LogP contribution in [0.3, 0.4) is 0 Å². The molecule has 0 aromatic carbocycles. The van der Waals surface area contributed by atoms with Gasteiger partial charge in [-0.1, -0.05) is 125 Å². The van der Waals surface area contributed by atoms with Crippen molar-refractivity contribution in [1.82, 2.24) is 0 Å². The number of carbonyl (C=O) groups is 2. The quantitative estimate of drug-likeness (QED) is 0.0127. The van der Waals surface area contributed by atoms with E-state index < -0.39 is 48.6 Å². The van der Waals surface area contributed by atoms with Crippen LogP contribution in [0.5, 0.6) is 0 Å². The van der Waals surface area contributed by atoms with Crippen LogP contribution in [0, 0.1) is 0 Å². The van der Waals surface area contributed by atoms with Crippen LogP contribution in [0.4, 0.5) is 0 Å². The average Bonchev–Trinajstić information content (AvgIpc) is 3.15. The molecule has 6 N–H and O–H groups in total. The van der Waals surface area contributed by atoms with Gasteiger partial charge in [-0.25, -0.2) is 0 Å². The lowest BCUT2D eigenvalue weighted by Crippen LogP contribution is -2.59. The molecule has 0 rings (SSSR count). The van der Waals surface area contributed by atoms with Crippen molar-refractivity contribution in [2.75, 3.05) is 13.2 Å². The van der Waals surface area contributed by atoms with Crippen molar-refractivity contribution < 1.29 is 50.0 Å². The Bertz CT molecular complexity index is 995. The zero-order valence-corrected chi connectivity index (χ0v) is 32.0. The molecule has 4 atom stereocenters. The lowest BCUT2D eigenvalue weighted by atomic mass is 9.99. The van der Waals surface area contributed by atoms with Crippen LogP contribution >= 0.6 is 0 Å². The Morgan fingerprint density at radius 2 is 0.769 bits per heavy atom. The van der Waals surface area contributed by atoms with Gasteiger partial charge in [0.1, 0.15) is 12.2 Å². The van der Waals surface area contributed by atoms with E-state index in [1.54, 1.807) is 0 Å². The zero-order valence-electron chi connectivity index (χ0n) is 32.0. The van der Waals surface area contributed by atoms with E-state index in [2.05, 4.69) is 86.8 Å². The third kappa shape index (κ3) is 23.2. The molecule has 0 aromatic rings. The molecule has 0 bridgehead atoms. The van der Waals surface area contributed by atoms with Crippen LogP contribution in [0.2, 0.25) is 0 Å². The molecule has 0 spiro atoms. The summed E-state index contributed by atoms with van der Waals surface area (Å²) in [4.78, 5) is 35.4. The fourth-order valence-corrected chi connectivity index (χ4v) is 5.12. The first-order chi connectivity index (χ1) is 25.1. The van der Waals surface area contributed by atoms with Gasteiger partial charge < -0.3 is 30.6 Å². The standard InChI is InChI=1S/C42H70O10/c1-3-5-7-9-11-13-15-17-19-21-23-25-27-29-31-33-37(45)41(49,39(47)35-43)51-52-42(50,40(48)36-44)38(46)34-32-30-28-26-24-22-20-18-16-14-12-10-8-6-4-2/h5-8,11-14,17-20,39-40,43-44,47-50H,3-4,9-10,15-16,21-36H2,1-2H3/b7-5-,8-6-,13-11-,14-12-,19-17-,20-18-. The molecule has 52 heavy (non-hydrogen) atoms. The first-order valence-electron chi connectivity index (χ1n) is 19.5. The maximum atomic E-state index is 12.9. The van der Waals surface area contributed by atoms with Crippen molar-refractivity contribution in [3.8, 4) is 0 Å². The Morgan fingerprint density at radius 1 is 0.481 bits per heavy atom. The lowest BCUT2D eigenvalue weighted by Gasteiger charge is -2.34. The number of allylic oxidation sites excluding steroid dienone is 12. The summed E-state index contributed by atoms with van der Waals surface area (Å²) in [5.74, 6) is -8.31. The molecule has 10 nitrogen and oxygen atoms in total. The summed E-state index contributed by atoms with van der Waals surface area (Å²) in [7, 11) is 0. The van der Waals surface area contributed by atoms with E-state index in [-0.39, 0.29) is 12.8 Å². The van der Waals surface area contributed by atoms with Crippen LogP contribution in [0.25, 0.3) is 0 Å². The molecule has 0 aromatic heterocycles. The van der Waals surface area contributed by atoms with Gasteiger partial charge >= 0.3 is 0 Å². The average molecular weight is 735 g/mol. The van der Waals surface area contributed by atoms with Gasteiger partial charge in [-0.2, -0.15) is 9.78 Å². The Kier molecular flexibility index (Phi) is 31.4. The van der Waals surface area contributed by atoms with Crippen molar-refractivity contribution in [1.29, 1.82) is 0 Å². The molecular weight excluding hydrogens is 664 g/mol. The molecule has 0 saturated heterocycles. The van der Waals surface area contributed by atoms with Crippen LogP contribution in [0.1, 0.15) is 142 Å². The van der Waals surface area contributed by atoms with E-state index in [1.807, 2.05) is 0 Å². The number of rotatable bonds is 35. The largest absolute Gasteiger partial charge is 0.393 e. The molecule has 10 heteroatoms. The molecule has 0 aliphatic rings. The molecule has 0 amide bonds. The smallest absolute Gasteiger partial charge is 0.286 e. The predicted octanol–water partition coefficient (Wildman–Crippen LogP) is 7.34. The molecular formula is C42H70O10. The molecule has 0 aliphatic heterocycles. The Labute approximate surface area is 313 Å². The van der Waals surface area contributed by atoms with E-state index in [0.29, 0.717) is 25.7 Å². The normalized spacial score (nSPS) is 16.2. The van der Waals surface area contributed by atoms with Gasteiger partial charge in [-0.05, 0) is 77.0 Å². The van der Waals surface area contributed by atoms with Crippen LogP contribution in [0.15, 0.2) is 72.9 Å². The maximum Gasteiger partial charge on any atom is 0.286 e. The summed E-state index contributed by atoms with van der Waals surface area (Å²) in [5.41, 5.74) is 0. The Morgan fingerprint density at radius 3 is 1.10 bits per heavy atom. The van der Waals surface area contributed by atoms with Crippen LogP contribution in [-0.2, 0) is 19.4 Å². The molecule has 0 radical (unpaired) electrons. The van der Waals surface area contributed by atoms with Gasteiger partial charge in [0.15, 0.2) is 11.6 Å². The number of carbonyl (C=O) groups excluding carboxylic acids is 2. The number of unbranched alkanes of at least 4 members (excludes halogenated alkanes) is 10. The van der Waals surface area contributed by atoms with Crippen molar-refractivity contribution in [3.63, 3.8) is 0 Å². The second-order valence-electron chi connectivity index (χ2n) is 13.0. The highest BCUT2D eigenvalue weighted by Crippen LogP contribution is 2.26. The summed E-state index contributed by atoms with van der Waals surface area (Å²) >= 11 is 0. The molecule has 298 valence electrons. The van der Waals surface area contributed by atoms with Gasteiger partial charge in [0.25, 0.3) is 11.6 Å². The van der Waals surface area contributed by atoms with E-state index in [1.165, 1.54) is 0 Å². The third-order valence-corrected chi connectivity index (χ3v) is 8.45.